The molecule has 82 valence electrons. The number of aliphatic imine (C=N–C) groups is 1. The molecule has 0 aromatic heterocycles. The van der Waals surface area contributed by atoms with Crippen molar-refractivity contribution in [2.75, 3.05) is 6.54 Å². The van der Waals surface area contributed by atoms with Crippen molar-refractivity contribution < 1.29 is 0 Å². The smallest absolute Gasteiger partial charge is 0.0433 e. The quantitative estimate of drug-likeness (QED) is 0.602. The number of hydrogen-bond donors (Lipinski definition) is 0. The maximum atomic E-state index is 4.51. The molecule has 1 rings (SSSR count). The van der Waals surface area contributed by atoms with Crippen LogP contribution in [0.1, 0.15) is 59.3 Å². The van der Waals surface area contributed by atoms with Crippen molar-refractivity contribution >= 4 is 6.21 Å². The second kappa shape index (κ2) is 5.53. The highest BCUT2D eigenvalue weighted by Gasteiger charge is 2.12. The van der Waals surface area contributed by atoms with E-state index in [4.69, 9.17) is 0 Å². The summed E-state index contributed by atoms with van der Waals surface area (Å²) in [7, 11) is 0. The lowest BCUT2D eigenvalue weighted by molar-refractivity contribution is 0.369. The zero-order valence-electron chi connectivity index (χ0n) is 10.1. The number of hydrogen-bond acceptors (Lipinski definition) is 1. The molecule has 0 unspecified atom stereocenters. The zero-order valence-corrected chi connectivity index (χ0v) is 10.1. The zero-order chi connectivity index (χ0) is 10.4. The van der Waals surface area contributed by atoms with Crippen molar-refractivity contribution in [2.45, 2.75) is 59.3 Å². The van der Waals surface area contributed by atoms with Crippen LogP contribution in [0, 0.1) is 11.3 Å². The molecule has 0 saturated heterocycles. The van der Waals surface area contributed by atoms with Crippen LogP contribution in [0.4, 0.5) is 0 Å². The van der Waals surface area contributed by atoms with Gasteiger partial charge in [0, 0.05) is 6.54 Å². The molecule has 0 bridgehead atoms. The first-order chi connectivity index (χ1) is 6.58. The van der Waals surface area contributed by atoms with Crippen LogP contribution in [0.2, 0.25) is 0 Å². The Morgan fingerprint density at radius 3 is 2.36 bits per heavy atom. The molecule has 1 saturated carbocycles. The molecule has 0 heterocycles. The van der Waals surface area contributed by atoms with Gasteiger partial charge in [-0.15, -0.1) is 0 Å². The molecule has 0 amide bonds. The van der Waals surface area contributed by atoms with Gasteiger partial charge in [0.1, 0.15) is 0 Å². The van der Waals surface area contributed by atoms with E-state index < -0.39 is 0 Å². The summed E-state index contributed by atoms with van der Waals surface area (Å²) in [5, 5.41) is 0. The predicted molar refractivity (Wildman–Crippen MR) is 64.0 cm³/mol. The molecule has 0 atom stereocenters. The van der Waals surface area contributed by atoms with E-state index in [-0.39, 0.29) is 0 Å². The van der Waals surface area contributed by atoms with Crippen LogP contribution >= 0.6 is 0 Å². The van der Waals surface area contributed by atoms with Gasteiger partial charge >= 0.3 is 0 Å². The third kappa shape index (κ3) is 5.41. The van der Waals surface area contributed by atoms with Crippen LogP contribution in [-0.2, 0) is 0 Å². The molecule has 1 heteroatoms. The SMILES string of the molecule is CC(C)(C)CN=CCC1CCCCC1. The Balaban J connectivity index is 2.12. The molecule has 1 aliphatic rings. The Kier molecular flexibility index (Phi) is 4.64. The van der Waals surface area contributed by atoms with Crippen molar-refractivity contribution in [1.82, 2.24) is 0 Å². The largest absolute Gasteiger partial charge is 0.297 e. The van der Waals surface area contributed by atoms with Gasteiger partial charge in [-0.05, 0) is 24.0 Å². The van der Waals surface area contributed by atoms with E-state index in [9.17, 15) is 0 Å². The van der Waals surface area contributed by atoms with Gasteiger partial charge in [-0.3, -0.25) is 4.99 Å². The topological polar surface area (TPSA) is 12.4 Å². The second-order valence-corrected chi connectivity index (χ2v) is 5.82. The lowest BCUT2D eigenvalue weighted by Gasteiger charge is -2.19. The van der Waals surface area contributed by atoms with E-state index in [1.54, 1.807) is 0 Å². The van der Waals surface area contributed by atoms with Gasteiger partial charge in [-0.2, -0.15) is 0 Å². The van der Waals surface area contributed by atoms with Crippen LogP contribution in [0.3, 0.4) is 0 Å². The standard InChI is InChI=1S/C13H25N/c1-13(2,3)11-14-10-9-12-7-5-4-6-8-12/h10,12H,4-9,11H2,1-3H3. The van der Waals surface area contributed by atoms with Crippen molar-refractivity contribution in [3.8, 4) is 0 Å². The third-order valence-electron chi connectivity index (χ3n) is 2.86. The fraction of sp³-hybridized carbons (Fsp3) is 0.923. The first-order valence-electron chi connectivity index (χ1n) is 6.06. The minimum Gasteiger partial charge on any atom is -0.297 e. The summed E-state index contributed by atoms with van der Waals surface area (Å²) in [5.41, 5.74) is 0.350. The molecule has 0 spiro atoms. The Morgan fingerprint density at radius 1 is 1.14 bits per heavy atom. The Hall–Kier alpha value is -0.330. The van der Waals surface area contributed by atoms with Gasteiger partial charge < -0.3 is 0 Å². The molecule has 1 nitrogen and oxygen atoms in total. The molecule has 14 heavy (non-hydrogen) atoms. The Morgan fingerprint density at radius 2 is 1.79 bits per heavy atom. The molecular weight excluding hydrogens is 170 g/mol. The van der Waals surface area contributed by atoms with E-state index >= 15 is 0 Å². The van der Waals surface area contributed by atoms with Gasteiger partial charge in [-0.25, -0.2) is 0 Å². The average Bonchev–Trinajstić information content (AvgIpc) is 2.13. The van der Waals surface area contributed by atoms with Crippen molar-refractivity contribution in [2.24, 2.45) is 16.3 Å². The number of nitrogens with zero attached hydrogens (tertiary/aromatic N) is 1. The van der Waals surface area contributed by atoms with Crippen molar-refractivity contribution in [3.05, 3.63) is 0 Å². The summed E-state index contributed by atoms with van der Waals surface area (Å²) in [6, 6.07) is 0. The highest BCUT2D eigenvalue weighted by atomic mass is 14.7. The molecule has 1 fully saturated rings. The Bertz CT molecular complexity index is 170. The fourth-order valence-electron chi connectivity index (χ4n) is 1.98. The first-order valence-corrected chi connectivity index (χ1v) is 6.06. The summed E-state index contributed by atoms with van der Waals surface area (Å²) < 4.78 is 0. The first kappa shape index (κ1) is 11.7. The monoisotopic (exact) mass is 195 g/mol. The highest BCUT2D eigenvalue weighted by molar-refractivity contribution is 5.57. The van der Waals surface area contributed by atoms with Crippen molar-refractivity contribution in [1.29, 1.82) is 0 Å². The summed E-state index contributed by atoms with van der Waals surface area (Å²) in [6.07, 6.45) is 10.6. The van der Waals surface area contributed by atoms with Gasteiger partial charge in [-0.1, -0.05) is 52.9 Å². The third-order valence-corrected chi connectivity index (χ3v) is 2.86. The van der Waals surface area contributed by atoms with Crippen LogP contribution < -0.4 is 0 Å². The van der Waals surface area contributed by atoms with Gasteiger partial charge in [0.05, 0.1) is 0 Å². The van der Waals surface area contributed by atoms with Crippen LogP contribution in [-0.4, -0.2) is 12.8 Å². The molecule has 0 aromatic rings. The summed E-state index contributed by atoms with van der Waals surface area (Å²) in [5.74, 6) is 0.937. The van der Waals surface area contributed by atoms with Crippen LogP contribution in [0.5, 0.6) is 0 Å². The number of rotatable bonds is 3. The van der Waals surface area contributed by atoms with E-state index in [2.05, 4.69) is 32.0 Å². The molecule has 0 N–H and O–H groups in total. The molecular formula is C13H25N. The lowest BCUT2D eigenvalue weighted by Crippen LogP contribution is -2.10. The maximum absolute atomic E-state index is 4.51. The van der Waals surface area contributed by atoms with Crippen LogP contribution in [0.25, 0.3) is 0 Å². The summed E-state index contributed by atoms with van der Waals surface area (Å²) >= 11 is 0. The van der Waals surface area contributed by atoms with Crippen LogP contribution in [0.15, 0.2) is 4.99 Å². The molecule has 1 aliphatic carbocycles. The van der Waals surface area contributed by atoms with E-state index in [0.29, 0.717) is 5.41 Å². The highest BCUT2D eigenvalue weighted by Crippen LogP contribution is 2.25. The molecule has 0 aromatic carbocycles. The summed E-state index contributed by atoms with van der Waals surface area (Å²) in [4.78, 5) is 4.51. The van der Waals surface area contributed by atoms with Crippen molar-refractivity contribution in [3.63, 3.8) is 0 Å². The fourth-order valence-corrected chi connectivity index (χ4v) is 1.98. The van der Waals surface area contributed by atoms with Gasteiger partial charge in [0.15, 0.2) is 0 Å². The van der Waals surface area contributed by atoms with Gasteiger partial charge in [0.25, 0.3) is 0 Å². The van der Waals surface area contributed by atoms with Gasteiger partial charge in [0.2, 0.25) is 0 Å². The summed E-state index contributed by atoms with van der Waals surface area (Å²) in [6.45, 7) is 7.70. The average molecular weight is 195 g/mol. The predicted octanol–water partition coefficient (Wildman–Crippen LogP) is 4.07. The Labute approximate surface area is 89.0 Å². The minimum absolute atomic E-state index is 0.350. The van der Waals surface area contributed by atoms with E-state index in [1.165, 1.54) is 38.5 Å². The van der Waals surface area contributed by atoms with E-state index in [1.807, 2.05) is 0 Å². The molecule has 0 radical (unpaired) electrons. The molecule has 0 aliphatic heterocycles. The maximum Gasteiger partial charge on any atom is 0.0433 e. The van der Waals surface area contributed by atoms with E-state index in [0.717, 1.165) is 12.5 Å². The minimum atomic E-state index is 0.350. The second-order valence-electron chi connectivity index (χ2n) is 5.82. The lowest BCUT2D eigenvalue weighted by atomic mass is 9.87. The normalized spacial score (nSPS) is 20.5.